The van der Waals surface area contributed by atoms with E-state index in [4.69, 9.17) is 0 Å². The van der Waals surface area contributed by atoms with E-state index in [-0.39, 0.29) is 5.91 Å². The lowest BCUT2D eigenvalue weighted by atomic mass is 10.1. The highest BCUT2D eigenvalue weighted by atomic mass is 32.2. The van der Waals surface area contributed by atoms with Crippen LogP contribution in [0.5, 0.6) is 0 Å². The van der Waals surface area contributed by atoms with Gasteiger partial charge in [0.1, 0.15) is 0 Å². The fraction of sp³-hybridized carbons (Fsp3) is 0.316. The van der Waals surface area contributed by atoms with E-state index in [0.29, 0.717) is 5.56 Å². The maximum Gasteiger partial charge on any atom is 0.255 e. The number of hydrogen-bond donors (Lipinski definition) is 1. The third-order valence-electron chi connectivity index (χ3n) is 4.19. The molecule has 1 amide bonds. The Labute approximate surface area is 142 Å². The Morgan fingerprint density at radius 1 is 1.22 bits per heavy atom. The molecule has 4 heteroatoms. The van der Waals surface area contributed by atoms with Gasteiger partial charge in [0.25, 0.3) is 5.91 Å². The zero-order chi connectivity index (χ0) is 16.4. The van der Waals surface area contributed by atoms with E-state index >= 15 is 0 Å². The third kappa shape index (κ3) is 3.37. The first-order valence-electron chi connectivity index (χ1n) is 7.99. The molecule has 1 aliphatic rings. The van der Waals surface area contributed by atoms with E-state index in [1.165, 1.54) is 16.1 Å². The van der Waals surface area contributed by atoms with Gasteiger partial charge in [0.2, 0.25) is 0 Å². The number of carbonyl (C=O) groups is 1. The fourth-order valence-electron chi connectivity index (χ4n) is 2.89. The number of nitrogens with zero attached hydrogens (tertiary/aromatic N) is 1. The summed E-state index contributed by atoms with van der Waals surface area (Å²) < 4.78 is 0. The zero-order valence-electron chi connectivity index (χ0n) is 13.8. The van der Waals surface area contributed by atoms with Crippen molar-refractivity contribution in [3.05, 3.63) is 53.1 Å². The van der Waals surface area contributed by atoms with Gasteiger partial charge in [-0.1, -0.05) is 17.7 Å². The predicted molar refractivity (Wildman–Crippen MR) is 98.9 cm³/mol. The molecule has 0 saturated heterocycles. The number of rotatable bonds is 3. The van der Waals surface area contributed by atoms with Gasteiger partial charge < -0.3 is 10.2 Å². The molecule has 3 nitrogen and oxygen atoms in total. The lowest BCUT2D eigenvalue weighted by molar-refractivity contribution is 0.102. The van der Waals surface area contributed by atoms with Crippen LogP contribution in [0.25, 0.3) is 0 Å². The van der Waals surface area contributed by atoms with Gasteiger partial charge >= 0.3 is 0 Å². The monoisotopic (exact) mass is 326 g/mol. The van der Waals surface area contributed by atoms with Crippen LogP contribution in [0.1, 0.15) is 28.4 Å². The molecule has 120 valence electrons. The molecule has 0 radical (unpaired) electrons. The average molecular weight is 326 g/mol. The standard InChI is InChI=1S/C19H22N2OS/c1-4-21-9-10-23-18-8-6-15(12-17(18)21)19(22)20-16-7-5-13(2)11-14(16)3/h5-8,11-12H,4,9-10H2,1-3H3,(H,20,22). The molecule has 0 aromatic heterocycles. The minimum absolute atomic E-state index is 0.0496. The van der Waals surface area contributed by atoms with Gasteiger partial charge in [0.15, 0.2) is 0 Å². The minimum atomic E-state index is -0.0496. The first-order chi connectivity index (χ1) is 11.1. The van der Waals surface area contributed by atoms with Crippen molar-refractivity contribution in [2.75, 3.05) is 29.1 Å². The van der Waals surface area contributed by atoms with Gasteiger partial charge in [0.05, 0.1) is 5.69 Å². The van der Waals surface area contributed by atoms with E-state index < -0.39 is 0 Å². The Bertz CT molecular complexity index is 742. The summed E-state index contributed by atoms with van der Waals surface area (Å²) in [7, 11) is 0. The first kappa shape index (κ1) is 15.9. The Hall–Kier alpha value is -1.94. The van der Waals surface area contributed by atoms with Gasteiger partial charge in [-0.2, -0.15) is 0 Å². The number of amides is 1. The molecule has 0 spiro atoms. The fourth-order valence-corrected chi connectivity index (χ4v) is 3.92. The normalized spacial score (nSPS) is 13.6. The van der Waals surface area contributed by atoms with Crippen molar-refractivity contribution in [1.82, 2.24) is 0 Å². The molecule has 2 aromatic carbocycles. The van der Waals surface area contributed by atoms with Crippen LogP contribution >= 0.6 is 11.8 Å². The number of fused-ring (bicyclic) bond motifs is 1. The second-order valence-corrected chi connectivity index (χ2v) is 7.02. The summed E-state index contributed by atoms with van der Waals surface area (Å²) >= 11 is 1.86. The van der Waals surface area contributed by atoms with E-state index in [0.717, 1.165) is 30.1 Å². The van der Waals surface area contributed by atoms with Crippen LogP contribution in [0.15, 0.2) is 41.3 Å². The Morgan fingerprint density at radius 3 is 2.78 bits per heavy atom. The van der Waals surface area contributed by atoms with Crippen LogP contribution in [-0.4, -0.2) is 24.7 Å². The van der Waals surface area contributed by atoms with Crippen molar-refractivity contribution >= 4 is 29.0 Å². The largest absolute Gasteiger partial charge is 0.370 e. The van der Waals surface area contributed by atoms with E-state index in [2.05, 4.69) is 36.2 Å². The molecule has 0 saturated carbocycles. The summed E-state index contributed by atoms with van der Waals surface area (Å²) in [6, 6.07) is 12.1. The quantitative estimate of drug-likeness (QED) is 0.902. The highest BCUT2D eigenvalue weighted by molar-refractivity contribution is 7.99. The molecule has 0 unspecified atom stereocenters. The summed E-state index contributed by atoms with van der Waals surface area (Å²) in [4.78, 5) is 16.2. The smallest absolute Gasteiger partial charge is 0.255 e. The Balaban J connectivity index is 1.85. The first-order valence-corrected chi connectivity index (χ1v) is 8.97. The average Bonchev–Trinajstić information content (AvgIpc) is 2.56. The van der Waals surface area contributed by atoms with Gasteiger partial charge in [-0.25, -0.2) is 0 Å². The second kappa shape index (κ2) is 6.67. The molecule has 0 bridgehead atoms. The van der Waals surface area contributed by atoms with Crippen LogP contribution in [0.2, 0.25) is 0 Å². The van der Waals surface area contributed by atoms with Crippen LogP contribution in [-0.2, 0) is 0 Å². The summed E-state index contributed by atoms with van der Waals surface area (Å²) in [6.07, 6.45) is 0. The van der Waals surface area contributed by atoms with Gasteiger partial charge in [-0.15, -0.1) is 11.8 Å². The number of benzene rings is 2. The molecular formula is C19H22N2OS. The van der Waals surface area contributed by atoms with Crippen LogP contribution in [0.3, 0.4) is 0 Å². The number of thioether (sulfide) groups is 1. The van der Waals surface area contributed by atoms with E-state index in [1.807, 2.05) is 43.0 Å². The predicted octanol–water partition coefficient (Wildman–Crippen LogP) is 4.49. The molecular weight excluding hydrogens is 304 g/mol. The van der Waals surface area contributed by atoms with Crippen molar-refractivity contribution in [2.45, 2.75) is 25.7 Å². The van der Waals surface area contributed by atoms with Crippen LogP contribution in [0, 0.1) is 13.8 Å². The number of carbonyl (C=O) groups excluding carboxylic acids is 1. The number of anilines is 2. The van der Waals surface area contributed by atoms with Crippen molar-refractivity contribution < 1.29 is 4.79 Å². The lowest BCUT2D eigenvalue weighted by Crippen LogP contribution is -2.29. The highest BCUT2D eigenvalue weighted by Gasteiger charge is 2.18. The van der Waals surface area contributed by atoms with Gasteiger partial charge in [-0.3, -0.25) is 4.79 Å². The Morgan fingerprint density at radius 2 is 2.04 bits per heavy atom. The maximum atomic E-state index is 12.6. The third-order valence-corrected chi connectivity index (χ3v) is 5.24. The molecule has 1 aliphatic heterocycles. The van der Waals surface area contributed by atoms with Crippen LogP contribution < -0.4 is 10.2 Å². The summed E-state index contributed by atoms with van der Waals surface area (Å²) in [5.74, 6) is 1.06. The summed E-state index contributed by atoms with van der Waals surface area (Å²) in [5, 5.41) is 3.03. The highest BCUT2D eigenvalue weighted by Crippen LogP contribution is 2.35. The van der Waals surface area contributed by atoms with Crippen LogP contribution in [0.4, 0.5) is 11.4 Å². The molecule has 3 rings (SSSR count). The lowest BCUT2D eigenvalue weighted by Gasteiger charge is -2.30. The molecule has 1 heterocycles. The molecule has 23 heavy (non-hydrogen) atoms. The van der Waals surface area contributed by atoms with Crippen molar-refractivity contribution in [3.63, 3.8) is 0 Å². The van der Waals surface area contributed by atoms with Crippen molar-refractivity contribution in [1.29, 1.82) is 0 Å². The van der Waals surface area contributed by atoms with E-state index in [9.17, 15) is 4.79 Å². The molecule has 0 fully saturated rings. The summed E-state index contributed by atoms with van der Waals surface area (Å²) in [5.41, 5.74) is 5.05. The van der Waals surface area contributed by atoms with E-state index in [1.54, 1.807) is 0 Å². The topological polar surface area (TPSA) is 32.3 Å². The number of nitrogens with one attached hydrogen (secondary N) is 1. The molecule has 1 N–H and O–H groups in total. The minimum Gasteiger partial charge on any atom is -0.370 e. The summed E-state index contributed by atoms with van der Waals surface area (Å²) in [6.45, 7) is 8.23. The number of hydrogen-bond acceptors (Lipinski definition) is 3. The van der Waals surface area contributed by atoms with Gasteiger partial charge in [-0.05, 0) is 50.6 Å². The van der Waals surface area contributed by atoms with Gasteiger partial charge in [0, 0.05) is 35.0 Å². The zero-order valence-corrected chi connectivity index (χ0v) is 14.7. The van der Waals surface area contributed by atoms with Crippen molar-refractivity contribution in [3.8, 4) is 0 Å². The SMILES string of the molecule is CCN1CCSc2ccc(C(=O)Nc3ccc(C)cc3C)cc21. The number of aryl methyl sites for hydroxylation is 2. The van der Waals surface area contributed by atoms with Crippen molar-refractivity contribution in [2.24, 2.45) is 0 Å². The second-order valence-electron chi connectivity index (χ2n) is 5.88. The Kier molecular flexibility index (Phi) is 4.62. The molecule has 2 aromatic rings. The maximum absolute atomic E-state index is 12.6. The molecule has 0 atom stereocenters. The molecule has 0 aliphatic carbocycles.